The zero-order valence-corrected chi connectivity index (χ0v) is 9.37. The fraction of sp³-hybridized carbons (Fsp3) is 0.462. The predicted molar refractivity (Wildman–Crippen MR) is 60.3 cm³/mol. The SMILES string of the molecule is CC(NC(=O)C1CCC1)c1cccc(F)c1. The lowest BCUT2D eigenvalue weighted by Gasteiger charge is -2.26. The Morgan fingerprint density at radius 1 is 1.50 bits per heavy atom. The summed E-state index contributed by atoms with van der Waals surface area (Å²) in [4.78, 5) is 11.7. The van der Waals surface area contributed by atoms with Gasteiger partial charge in [0.1, 0.15) is 5.82 Å². The van der Waals surface area contributed by atoms with E-state index in [9.17, 15) is 9.18 Å². The second-order valence-electron chi connectivity index (χ2n) is 4.41. The molecule has 0 saturated heterocycles. The molecule has 16 heavy (non-hydrogen) atoms. The zero-order chi connectivity index (χ0) is 11.5. The first kappa shape index (κ1) is 11.1. The highest BCUT2D eigenvalue weighted by molar-refractivity contribution is 5.79. The number of hydrogen-bond donors (Lipinski definition) is 1. The van der Waals surface area contributed by atoms with E-state index in [0.29, 0.717) is 0 Å². The predicted octanol–water partition coefficient (Wildman–Crippen LogP) is 2.80. The number of halogens is 1. The molecule has 1 amide bonds. The third-order valence-corrected chi connectivity index (χ3v) is 3.18. The molecule has 1 aliphatic rings. The molecule has 0 heterocycles. The van der Waals surface area contributed by atoms with Crippen molar-refractivity contribution in [2.24, 2.45) is 5.92 Å². The number of nitrogens with one attached hydrogen (secondary N) is 1. The molecule has 1 aromatic carbocycles. The lowest BCUT2D eigenvalue weighted by molar-refractivity contribution is -0.128. The lowest BCUT2D eigenvalue weighted by atomic mass is 9.84. The average Bonchev–Trinajstić information content (AvgIpc) is 2.14. The van der Waals surface area contributed by atoms with Crippen LogP contribution in [0.1, 0.15) is 37.8 Å². The molecule has 86 valence electrons. The summed E-state index contributed by atoms with van der Waals surface area (Å²) in [6.45, 7) is 1.88. The molecular weight excluding hydrogens is 205 g/mol. The van der Waals surface area contributed by atoms with Crippen LogP contribution < -0.4 is 5.32 Å². The van der Waals surface area contributed by atoms with Crippen LogP contribution in [0.2, 0.25) is 0 Å². The Morgan fingerprint density at radius 2 is 2.25 bits per heavy atom. The molecule has 1 N–H and O–H groups in total. The molecule has 1 fully saturated rings. The number of carbonyl (C=O) groups is 1. The molecule has 1 aliphatic carbocycles. The monoisotopic (exact) mass is 221 g/mol. The Morgan fingerprint density at radius 3 is 2.81 bits per heavy atom. The summed E-state index contributed by atoms with van der Waals surface area (Å²) >= 11 is 0. The van der Waals surface area contributed by atoms with Gasteiger partial charge in [-0.1, -0.05) is 18.6 Å². The van der Waals surface area contributed by atoms with Crippen LogP contribution in [0.25, 0.3) is 0 Å². The second kappa shape index (κ2) is 4.64. The minimum atomic E-state index is -0.262. The largest absolute Gasteiger partial charge is 0.349 e. The fourth-order valence-corrected chi connectivity index (χ4v) is 1.86. The molecule has 2 rings (SSSR count). The molecule has 0 spiro atoms. The van der Waals surface area contributed by atoms with Crippen molar-refractivity contribution in [1.29, 1.82) is 0 Å². The Bertz CT molecular complexity index is 387. The van der Waals surface area contributed by atoms with E-state index in [-0.39, 0.29) is 23.7 Å². The molecule has 3 heteroatoms. The Balaban J connectivity index is 1.96. The number of rotatable bonds is 3. The van der Waals surface area contributed by atoms with E-state index in [1.807, 2.05) is 13.0 Å². The van der Waals surface area contributed by atoms with Gasteiger partial charge in [0.05, 0.1) is 6.04 Å². The van der Waals surface area contributed by atoms with Crippen molar-refractivity contribution in [1.82, 2.24) is 5.32 Å². The van der Waals surface area contributed by atoms with Gasteiger partial charge in [-0.15, -0.1) is 0 Å². The van der Waals surface area contributed by atoms with E-state index in [2.05, 4.69) is 5.32 Å². The van der Waals surface area contributed by atoms with Gasteiger partial charge in [-0.25, -0.2) is 4.39 Å². The summed E-state index contributed by atoms with van der Waals surface area (Å²) in [6, 6.07) is 6.24. The van der Waals surface area contributed by atoms with Crippen LogP contribution in [0.3, 0.4) is 0 Å². The summed E-state index contributed by atoms with van der Waals surface area (Å²) < 4.78 is 13.0. The summed E-state index contributed by atoms with van der Waals surface area (Å²) in [5.74, 6) is 0.0151. The van der Waals surface area contributed by atoms with Gasteiger partial charge in [-0.2, -0.15) is 0 Å². The second-order valence-corrected chi connectivity index (χ2v) is 4.41. The first-order valence-electron chi connectivity index (χ1n) is 5.72. The normalized spacial score (nSPS) is 17.6. The van der Waals surface area contributed by atoms with Crippen LogP contribution in [0.5, 0.6) is 0 Å². The molecule has 0 aliphatic heterocycles. The summed E-state index contributed by atoms with van der Waals surface area (Å²) in [5.41, 5.74) is 0.813. The van der Waals surface area contributed by atoms with Crippen LogP contribution in [0.4, 0.5) is 4.39 Å². The molecule has 1 aromatic rings. The molecule has 1 atom stereocenters. The molecule has 1 saturated carbocycles. The number of hydrogen-bond acceptors (Lipinski definition) is 1. The van der Waals surface area contributed by atoms with Crippen LogP contribution >= 0.6 is 0 Å². The molecule has 0 aromatic heterocycles. The minimum absolute atomic E-state index is 0.100. The van der Waals surface area contributed by atoms with Gasteiger partial charge in [0.2, 0.25) is 5.91 Å². The summed E-state index contributed by atoms with van der Waals surface area (Å²) in [6.07, 6.45) is 3.12. The van der Waals surface area contributed by atoms with Crippen molar-refractivity contribution in [3.8, 4) is 0 Å². The quantitative estimate of drug-likeness (QED) is 0.835. The molecule has 0 radical (unpaired) electrons. The van der Waals surface area contributed by atoms with Crippen LogP contribution in [-0.4, -0.2) is 5.91 Å². The summed E-state index contributed by atoms with van der Waals surface area (Å²) in [5, 5.41) is 2.92. The first-order valence-corrected chi connectivity index (χ1v) is 5.72. The van der Waals surface area contributed by atoms with Gasteiger partial charge in [0.25, 0.3) is 0 Å². The van der Waals surface area contributed by atoms with Gasteiger partial charge >= 0.3 is 0 Å². The van der Waals surface area contributed by atoms with Crippen molar-refractivity contribution in [2.45, 2.75) is 32.2 Å². The van der Waals surface area contributed by atoms with Crippen molar-refractivity contribution >= 4 is 5.91 Å². The highest BCUT2D eigenvalue weighted by Crippen LogP contribution is 2.27. The van der Waals surface area contributed by atoms with Crippen LogP contribution in [-0.2, 0) is 4.79 Å². The number of benzene rings is 1. The zero-order valence-electron chi connectivity index (χ0n) is 9.37. The van der Waals surface area contributed by atoms with E-state index in [1.54, 1.807) is 6.07 Å². The van der Waals surface area contributed by atoms with Gasteiger partial charge in [-0.3, -0.25) is 4.79 Å². The maximum absolute atomic E-state index is 13.0. The van der Waals surface area contributed by atoms with E-state index in [0.717, 1.165) is 24.8 Å². The van der Waals surface area contributed by atoms with E-state index in [4.69, 9.17) is 0 Å². The Kier molecular flexibility index (Phi) is 3.22. The molecule has 2 nitrogen and oxygen atoms in total. The fourth-order valence-electron chi connectivity index (χ4n) is 1.86. The standard InChI is InChI=1S/C13H16FNO/c1-9(11-6-3-7-12(14)8-11)15-13(16)10-4-2-5-10/h3,6-10H,2,4-5H2,1H3,(H,15,16). The van der Waals surface area contributed by atoms with Crippen LogP contribution in [0, 0.1) is 11.7 Å². The number of amides is 1. The molecular formula is C13H16FNO. The summed E-state index contributed by atoms with van der Waals surface area (Å²) in [7, 11) is 0. The van der Waals surface area contributed by atoms with Crippen molar-refractivity contribution in [2.75, 3.05) is 0 Å². The van der Waals surface area contributed by atoms with Gasteiger partial charge in [0, 0.05) is 5.92 Å². The van der Waals surface area contributed by atoms with Crippen molar-refractivity contribution < 1.29 is 9.18 Å². The maximum atomic E-state index is 13.0. The van der Waals surface area contributed by atoms with Crippen molar-refractivity contribution in [3.63, 3.8) is 0 Å². The van der Waals surface area contributed by atoms with E-state index >= 15 is 0 Å². The molecule has 0 bridgehead atoms. The van der Waals surface area contributed by atoms with Gasteiger partial charge in [0.15, 0.2) is 0 Å². The van der Waals surface area contributed by atoms with E-state index < -0.39 is 0 Å². The molecule has 1 unspecified atom stereocenters. The third-order valence-electron chi connectivity index (χ3n) is 3.18. The highest BCUT2D eigenvalue weighted by Gasteiger charge is 2.26. The topological polar surface area (TPSA) is 29.1 Å². The van der Waals surface area contributed by atoms with Gasteiger partial charge < -0.3 is 5.32 Å². The Labute approximate surface area is 94.9 Å². The van der Waals surface area contributed by atoms with Crippen molar-refractivity contribution in [3.05, 3.63) is 35.6 Å². The number of carbonyl (C=O) groups excluding carboxylic acids is 1. The maximum Gasteiger partial charge on any atom is 0.223 e. The van der Waals surface area contributed by atoms with Gasteiger partial charge in [-0.05, 0) is 37.5 Å². The van der Waals surface area contributed by atoms with E-state index in [1.165, 1.54) is 12.1 Å². The highest BCUT2D eigenvalue weighted by atomic mass is 19.1. The lowest BCUT2D eigenvalue weighted by Crippen LogP contribution is -2.35. The smallest absolute Gasteiger partial charge is 0.223 e. The van der Waals surface area contributed by atoms with Crippen LogP contribution in [0.15, 0.2) is 24.3 Å². The minimum Gasteiger partial charge on any atom is -0.349 e. The third kappa shape index (κ3) is 2.40. The first-order chi connectivity index (χ1) is 7.66. The average molecular weight is 221 g/mol. The Hall–Kier alpha value is -1.38.